The normalized spacial score (nSPS) is 24.2. The maximum absolute atomic E-state index is 15.1. The molecule has 0 aromatic carbocycles. The van der Waals surface area contributed by atoms with Crippen LogP contribution in [0.1, 0.15) is 54.2 Å². The number of nitrogens with one attached hydrogen (secondary N) is 1. The number of ether oxygens (including phenoxy) is 2. The first kappa shape index (κ1) is 32.7. The molecule has 38 heavy (non-hydrogen) atoms. The van der Waals surface area contributed by atoms with E-state index in [-0.39, 0.29) is 23.3 Å². The molecule has 1 aromatic rings. The lowest BCUT2D eigenvalue weighted by Crippen LogP contribution is -2.36. The number of hydrogen-bond donors (Lipinski definition) is 2. The van der Waals surface area contributed by atoms with Gasteiger partial charge in [0.05, 0.1) is 25.4 Å². The van der Waals surface area contributed by atoms with Crippen LogP contribution >= 0.6 is 31.1 Å². The molecule has 1 aliphatic heterocycles. The fourth-order valence-corrected chi connectivity index (χ4v) is 5.87. The number of thioether (sulfide) groups is 1. The highest BCUT2D eigenvalue weighted by atomic mass is 35.5. The number of aromatic nitrogens is 2. The van der Waals surface area contributed by atoms with Gasteiger partial charge >= 0.3 is 19.4 Å². The molecule has 3 N–H and O–H groups in total. The monoisotopic (exact) mass is 600 g/mol. The minimum Gasteiger partial charge on any atom is -0.462 e. The minimum atomic E-state index is -4.19. The van der Waals surface area contributed by atoms with Gasteiger partial charge in [0.1, 0.15) is 11.9 Å². The Hall–Kier alpha value is -1.54. The number of anilines is 1. The lowest BCUT2D eigenvalue weighted by Gasteiger charge is -2.24. The molecule has 2 heterocycles. The average molecular weight is 601 g/mol. The summed E-state index contributed by atoms with van der Waals surface area (Å²) in [6.07, 6.45) is -2.23. The van der Waals surface area contributed by atoms with Crippen LogP contribution in [0.5, 0.6) is 0 Å². The first-order valence-corrected chi connectivity index (χ1v) is 14.8. The van der Waals surface area contributed by atoms with Crippen molar-refractivity contribution >= 4 is 48.0 Å². The Balaban J connectivity index is 2.10. The molecule has 0 spiro atoms. The molecule has 0 radical (unpaired) electrons. The number of esters is 1. The van der Waals surface area contributed by atoms with Gasteiger partial charge in [-0.2, -0.15) is 4.98 Å². The smallest absolute Gasteiger partial charge is 0.406 e. The predicted molar refractivity (Wildman–Crippen MR) is 141 cm³/mol. The van der Waals surface area contributed by atoms with Crippen molar-refractivity contribution in [2.45, 2.75) is 77.6 Å². The summed E-state index contributed by atoms with van der Waals surface area (Å²) in [5.74, 6) is -0.583. The maximum atomic E-state index is 15.1. The summed E-state index contributed by atoms with van der Waals surface area (Å²) in [6.45, 7) is 9.42. The highest BCUT2D eigenvalue weighted by Crippen LogP contribution is 2.48. The summed E-state index contributed by atoms with van der Waals surface area (Å²) < 4.78 is 51.1. The zero-order valence-electron chi connectivity index (χ0n) is 22.1. The summed E-state index contributed by atoms with van der Waals surface area (Å²) in [4.78, 5) is 40.1. The zero-order valence-corrected chi connectivity index (χ0v) is 24.6. The van der Waals surface area contributed by atoms with Crippen LogP contribution in [0.15, 0.2) is 17.1 Å². The molecule has 1 aliphatic rings. The molecular formula is C22H35ClFN4O8PS. The fraction of sp³-hybridized carbons (Fsp3) is 0.727. The Bertz CT molecular complexity index is 1100. The highest BCUT2D eigenvalue weighted by molar-refractivity contribution is 8.13. The van der Waals surface area contributed by atoms with Gasteiger partial charge in [-0.05, 0) is 26.8 Å². The molecule has 12 nitrogen and oxygen atoms in total. The maximum Gasteiger partial charge on any atom is 0.406 e. The molecule has 16 heteroatoms. The van der Waals surface area contributed by atoms with Crippen molar-refractivity contribution in [2.24, 2.45) is 5.41 Å². The molecule has 1 unspecified atom stereocenters. The van der Waals surface area contributed by atoms with Crippen molar-refractivity contribution in [2.75, 3.05) is 24.7 Å². The second-order valence-corrected chi connectivity index (χ2v) is 13.4. The van der Waals surface area contributed by atoms with Gasteiger partial charge in [0, 0.05) is 23.8 Å². The lowest BCUT2D eigenvalue weighted by molar-refractivity contribution is -0.149. The van der Waals surface area contributed by atoms with E-state index in [0.29, 0.717) is 0 Å². The minimum absolute atomic E-state index is 0.0557. The van der Waals surface area contributed by atoms with E-state index < -0.39 is 67.5 Å². The van der Waals surface area contributed by atoms with Gasteiger partial charge in [0.15, 0.2) is 11.3 Å². The standard InChI is InChI=1S/C22H35ClFN4O8PS/c1-13(2)35-17(29)14(3)27-37(32,33-9-10-38-19(30)21(4,5)6)34-12-15-11-22(23,24)18(36-15)28-8-7-16(25)26-20(28)31/h7-8,13-15,18H,9-12H2,1-6H3,(H,27,32)(H2,25,26,31)/t14-,15-,18+,22-,37?/m0/s1. The summed E-state index contributed by atoms with van der Waals surface area (Å²) in [6, 6.07) is 0.199. The largest absolute Gasteiger partial charge is 0.462 e. The van der Waals surface area contributed by atoms with E-state index in [1.807, 2.05) is 0 Å². The van der Waals surface area contributed by atoms with E-state index in [9.17, 15) is 18.9 Å². The second-order valence-electron chi connectivity index (χ2n) is 9.97. The van der Waals surface area contributed by atoms with Crippen LogP contribution in [0.2, 0.25) is 0 Å². The zero-order chi connectivity index (χ0) is 28.9. The Morgan fingerprint density at radius 3 is 2.63 bits per heavy atom. The molecule has 5 atom stereocenters. The molecule has 0 bridgehead atoms. The van der Waals surface area contributed by atoms with Crippen molar-refractivity contribution in [3.63, 3.8) is 0 Å². The third kappa shape index (κ3) is 9.58. The molecule has 1 aromatic heterocycles. The molecule has 0 saturated carbocycles. The Kier molecular flexibility index (Phi) is 11.4. The summed E-state index contributed by atoms with van der Waals surface area (Å²) in [5.41, 5.74) is 4.04. The van der Waals surface area contributed by atoms with E-state index in [4.69, 9.17) is 35.9 Å². The lowest BCUT2D eigenvalue weighted by atomic mass is 10.00. The number of nitrogens with zero attached hydrogens (tertiary/aromatic N) is 2. The summed E-state index contributed by atoms with van der Waals surface area (Å²) >= 11 is 6.99. The van der Waals surface area contributed by atoms with Gasteiger partial charge in [-0.3, -0.25) is 23.2 Å². The van der Waals surface area contributed by atoms with Crippen LogP contribution in [0.25, 0.3) is 0 Å². The van der Waals surface area contributed by atoms with Gasteiger partial charge in [-0.15, -0.1) is 0 Å². The molecule has 216 valence electrons. The van der Waals surface area contributed by atoms with E-state index in [0.717, 1.165) is 16.3 Å². The summed E-state index contributed by atoms with van der Waals surface area (Å²) in [7, 11) is -4.19. The number of nitrogen functional groups attached to an aromatic ring is 1. The number of nitrogens with two attached hydrogens (primary N) is 1. The van der Waals surface area contributed by atoms with Gasteiger partial charge in [-0.25, -0.2) is 18.8 Å². The van der Waals surface area contributed by atoms with Gasteiger partial charge in [-0.1, -0.05) is 44.1 Å². The van der Waals surface area contributed by atoms with Gasteiger partial charge < -0.3 is 15.2 Å². The van der Waals surface area contributed by atoms with Crippen molar-refractivity contribution in [3.05, 3.63) is 22.7 Å². The van der Waals surface area contributed by atoms with Crippen LogP contribution in [-0.2, 0) is 32.7 Å². The molecular weight excluding hydrogens is 566 g/mol. The first-order chi connectivity index (χ1) is 17.4. The Morgan fingerprint density at radius 1 is 1.39 bits per heavy atom. The third-order valence-electron chi connectivity index (χ3n) is 4.96. The SMILES string of the molecule is CC(C)OC(=O)[C@H](C)NP(=O)(OCCSC(=O)C(C)(C)C)OC[C@@H]1C[C@@](F)(Cl)[C@H](n2ccc(N)nc2=O)O1. The van der Waals surface area contributed by atoms with E-state index in [1.54, 1.807) is 34.6 Å². The van der Waals surface area contributed by atoms with E-state index >= 15 is 4.39 Å². The molecule has 2 rings (SSSR count). The van der Waals surface area contributed by atoms with Crippen LogP contribution in [-0.4, -0.2) is 63.0 Å². The van der Waals surface area contributed by atoms with Crippen molar-refractivity contribution in [1.29, 1.82) is 0 Å². The topological polar surface area (TPSA) is 161 Å². The highest BCUT2D eigenvalue weighted by Gasteiger charge is 2.50. The number of hydrogen-bond acceptors (Lipinski definition) is 11. The first-order valence-electron chi connectivity index (χ1n) is 11.9. The van der Waals surface area contributed by atoms with Crippen molar-refractivity contribution in [3.8, 4) is 0 Å². The number of alkyl halides is 2. The quantitative estimate of drug-likeness (QED) is 0.156. The fourth-order valence-electron chi connectivity index (χ4n) is 3.13. The van der Waals surface area contributed by atoms with Crippen LogP contribution in [0.4, 0.5) is 10.2 Å². The van der Waals surface area contributed by atoms with E-state index in [1.165, 1.54) is 19.2 Å². The van der Waals surface area contributed by atoms with E-state index in [2.05, 4.69) is 10.1 Å². The second kappa shape index (κ2) is 13.2. The molecule has 1 saturated heterocycles. The van der Waals surface area contributed by atoms with Crippen LogP contribution in [0, 0.1) is 5.41 Å². The summed E-state index contributed by atoms with van der Waals surface area (Å²) in [5, 5.41) is -0.0922. The van der Waals surface area contributed by atoms with Gasteiger partial charge in [0.2, 0.25) is 5.13 Å². The number of carbonyl (C=O) groups excluding carboxylic acids is 2. The molecule has 0 aliphatic carbocycles. The average Bonchev–Trinajstić information content (AvgIpc) is 3.08. The van der Waals surface area contributed by atoms with Gasteiger partial charge in [0.25, 0.3) is 0 Å². The Labute approximate surface area is 230 Å². The van der Waals surface area contributed by atoms with Crippen molar-refractivity contribution < 1.29 is 37.1 Å². The number of rotatable bonds is 12. The van der Waals surface area contributed by atoms with Crippen LogP contribution < -0.4 is 16.5 Å². The Morgan fingerprint density at radius 2 is 2.05 bits per heavy atom. The number of halogens is 2. The number of carbonyl (C=O) groups is 2. The third-order valence-corrected chi connectivity index (χ3v) is 8.27. The van der Waals surface area contributed by atoms with Crippen molar-refractivity contribution in [1.82, 2.24) is 14.6 Å². The molecule has 0 amide bonds. The molecule has 1 fully saturated rings. The predicted octanol–water partition coefficient (Wildman–Crippen LogP) is 3.39. The van der Waals surface area contributed by atoms with Crippen LogP contribution in [0.3, 0.4) is 0 Å².